The molecule has 4 amide bonds. The number of halogens is 2. The van der Waals surface area contributed by atoms with Crippen LogP contribution >= 0.6 is 34.5 Å². The molecule has 0 bridgehead atoms. The Morgan fingerprint density at radius 3 is 2.46 bits per heavy atom. The first-order valence-electron chi connectivity index (χ1n) is 10.2. The Morgan fingerprint density at radius 1 is 1.06 bits per heavy atom. The summed E-state index contributed by atoms with van der Waals surface area (Å²) in [5, 5.41) is 5.53. The molecule has 1 aliphatic heterocycles. The number of urea groups is 1. The van der Waals surface area contributed by atoms with E-state index in [9.17, 15) is 22.8 Å². The van der Waals surface area contributed by atoms with Gasteiger partial charge in [-0.1, -0.05) is 23.2 Å². The molecule has 13 heteroatoms. The van der Waals surface area contributed by atoms with Gasteiger partial charge in [0.2, 0.25) is 5.91 Å². The molecule has 0 radical (unpaired) electrons. The van der Waals surface area contributed by atoms with Crippen molar-refractivity contribution in [2.75, 3.05) is 22.1 Å². The molecule has 0 atom stereocenters. The molecule has 0 saturated carbocycles. The van der Waals surface area contributed by atoms with Crippen molar-refractivity contribution in [1.29, 1.82) is 0 Å². The van der Waals surface area contributed by atoms with E-state index in [0.29, 0.717) is 17.7 Å². The summed E-state index contributed by atoms with van der Waals surface area (Å²) < 4.78 is 26.6. The number of fused-ring (bicyclic) bond motifs is 1. The van der Waals surface area contributed by atoms with Crippen LogP contribution in [0.3, 0.4) is 0 Å². The zero-order valence-corrected chi connectivity index (χ0v) is 21.2. The quantitative estimate of drug-likeness (QED) is 0.380. The Balaban J connectivity index is 1.51. The van der Waals surface area contributed by atoms with E-state index in [1.807, 2.05) is 11.6 Å². The van der Waals surface area contributed by atoms with E-state index in [2.05, 4.69) is 10.6 Å². The van der Waals surface area contributed by atoms with Crippen molar-refractivity contribution < 1.29 is 22.8 Å². The van der Waals surface area contributed by atoms with Crippen LogP contribution in [0.15, 0.2) is 52.7 Å². The molecule has 2 aromatic carbocycles. The van der Waals surface area contributed by atoms with Gasteiger partial charge in [0.15, 0.2) is 0 Å². The zero-order chi connectivity index (χ0) is 25.3. The van der Waals surface area contributed by atoms with E-state index >= 15 is 0 Å². The maximum absolute atomic E-state index is 13.1. The van der Waals surface area contributed by atoms with Gasteiger partial charge in [-0.3, -0.25) is 9.59 Å². The highest BCUT2D eigenvalue weighted by molar-refractivity contribution is 7.92. The van der Waals surface area contributed by atoms with Gasteiger partial charge in [0, 0.05) is 23.5 Å². The van der Waals surface area contributed by atoms with Crippen LogP contribution in [0.2, 0.25) is 9.36 Å². The highest BCUT2D eigenvalue weighted by atomic mass is 35.5. The number of nitrogens with one attached hydrogen (secondary N) is 3. The Labute approximate surface area is 215 Å². The number of carbonyl (C=O) groups is 3. The summed E-state index contributed by atoms with van der Waals surface area (Å²) in [6, 6.07) is 11.0. The van der Waals surface area contributed by atoms with Crippen molar-refractivity contribution in [3.63, 3.8) is 0 Å². The fourth-order valence-electron chi connectivity index (χ4n) is 3.52. The number of amides is 4. The number of benzene rings is 2. The molecule has 0 saturated heterocycles. The highest BCUT2D eigenvalue weighted by Gasteiger charge is 2.33. The molecule has 35 heavy (non-hydrogen) atoms. The molecule has 9 nitrogen and oxygen atoms in total. The molecular formula is C22H18Cl2N4O5S2. The Hall–Kier alpha value is -3.12. The summed E-state index contributed by atoms with van der Waals surface area (Å²) in [4.78, 5) is 39.1. The second kappa shape index (κ2) is 9.86. The number of hydrogen-bond acceptors (Lipinski definition) is 7. The lowest BCUT2D eigenvalue weighted by Gasteiger charge is -2.28. The van der Waals surface area contributed by atoms with Crippen molar-refractivity contribution in [3.05, 3.63) is 69.0 Å². The third-order valence-corrected chi connectivity index (χ3v) is 8.35. The maximum Gasteiger partial charge on any atom is 0.333 e. The molecule has 3 N–H and O–H groups in total. The minimum atomic E-state index is -4.11. The van der Waals surface area contributed by atoms with E-state index < -0.39 is 27.9 Å². The SMILES string of the molecule is CCNc1ccc2c(c1)CC(=O)N(c1ccc(NC(=O)NS(=O)(=O)c3ccc(Cl)s3)cc1Cl)C2=O. The molecule has 2 heterocycles. The van der Waals surface area contributed by atoms with E-state index in [1.165, 1.54) is 30.3 Å². The molecule has 0 spiro atoms. The molecule has 3 aromatic rings. The summed E-state index contributed by atoms with van der Waals surface area (Å²) in [5.74, 6) is -0.961. The van der Waals surface area contributed by atoms with Crippen molar-refractivity contribution in [1.82, 2.24) is 4.72 Å². The number of sulfonamides is 1. The summed E-state index contributed by atoms with van der Waals surface area (Å²) in [7, 11) is -4.11. The first-order valence-corrected chi connectivity index (χ1v) is 13.3. The van der Waals surface area contributed by atoms with Crippen molar-refractivity contribution in [2.45, 2.75) is 17.6 Å². The maximum atomic E-state index is 13.1. The molecule has 182 valence electrons. The van der Waals surface area contributed by atoms with Crippen molar-refractivity contribution in [3.8, 4) is 0 Å². The number of rotatable bonds is 6. The Kier molecular flexibility index (Phi) is 7.04. The monoisotopic (exact) mass is 552 g/mol. The molecule has 4 rings (SSSR count). The lowest BCUT2D eigenvalue weighted by Crippen LogP contribution is -2.42. The number of anilines is 3. The average Bonchev–Trinajstić information content (AvgIpc) is 3.22. The normalized spacial score (nSPS) is 13.4. The predicted molar refractivity (Wildman–Crippen MR) is 136 cm³/mol. The topological polar surface area (TPSA) is 125 Å². The molecule has 0 unspecified atom stereocenters. The van der Waals surface area contributed by atoms with Gasteiger partial charge in [0.25, 0.3) is 15.9 Å². The van der Waals surface area contributed by atoms with Gasteiger partial charge in [-0.05, 0) is 61.0 Å². The third-order valence-electron chi connectivity index (χ3n) is 5.00. The van der Waals surface area contributed by atoms with Crippen LogP contribution in [0.5, 0.6) is 0 Å². The first-order chi connectivity index (χ1) is 16.6. The largest absolute Gasteiger partial charge is 0.385 e. The Bertz CT molecular complexity index is 1460. The molecule has 0 fully saturated rings. The summed E-state index contributed by atoms with van der Waals surface area (Å²) in [6.07, 6.45) is 0.0175. The van der Waals surface area contributed by atoms with Gasteiger partial charge in [-0.25, -0.2) is 22.8 Å². The van der Waals surface area contributed by atoms with Crippen LogP contribution in [-0.2, 0) is 21.2 Å². The standard InChI is InChI=1S/C22H18Cl2N4O5S2/c1-2-25-13-3-5-15-12(9-13)10-19(29)28(21(15)30)17-6-4-14(11-16(17)23)26-22(31)27-35(32,33)20-8-7-18(24)34-20/h3-9,11,25H,2,10H2,1H3,(H2,26,27,31). The van der Waals surface area contributed by atoms with E-state index in [-0.39, 0.29) is 31.4 Å². The van der Waals surface area contributed by atoms with Crippen LogP contribution in [0.4, 0.5) is 21.9 Å². The molecule has 1 aliphatic rings. The van der Waals surface area contributed by atoms with Gasteiger partial charge < -0.3 is 10.6 Å². The van der Waals surface area contributed by atoms with E-state index in [0.717, 1.165) is 21.9 Å². The fourth-order valence-corrected chi connectivity index (χ4v) is 6.17. The summed E-state index contributed by atoms with van der Waals surface area (Å²) in [6.45, 7) is 2.65. The van der Waals surface area contributed by atoms with Crippen LogP contribution in [0.1, 0.15) is 22.8 Å². The second-order valence-electron chi connectivity index (χ2n) is 7.40. The number of nitrogens with zero attached hydrogens (tertiary/aromatic N) is 1. The fraction of sp³-hybridized carbons (Fsp3) is 0.136. The van der Waals surface area contributed by atoms with Crippen molar-refractivity contribution >= 4 is 79.5 Å². The lowest BCUT2D eigenvalue weighted by molar-refractivity contribution is -0.117. The Morgan fingerprint density at radius 2 is 1.80 bits per heavy atom. The van der Waals surface area contributed by atoms with Crippen molar-refractivity contribution in [2.24, 2.45) is 0 Å². The third kappa shape index (κ3) is 5.27. The van der Waals surface area contributed by atoms with Crippen LogP contribution in [0.25, 0.3) is 0 Å². The van der Waals surface area contributed by atoms with Crippen LogP contribution in [-0.4, -0.2) is 32.8 Å². The second-order valence-corrected chi connectivity index (χ2v) is 11.4. The minimum Gasteiger partial charge on any atom is -0.385 e. The van der Waals surface area contributed by atoms with Gasteiger partial charge >= 0.3 is 6.03 Å². The molecule has 0 aliphatic carbocycles. The van der Waals surface area contributed by atoms with E-state index in [4.69, 9.17) is 23.2 Å². The van der Waals surface area contributed by atoms with Gasteiger partial charge in [-0.15, -0.1) is 11.3 Å². The van der Waals surface area contributed by atoms with Gasteiger partial charge in [0.05, 0.1) is 21.5 Å². The number of hydrogen-bond donors (Lipinski definition) is 3. The smallest absolute Gasteiger partial charge is 0.333 e. The first kappa shape index (κ1) is 25.0. The highest BCUT2D eigenvalue weighted by Crippen LogP contribution is 2.34. The lowest BCUT2D eigenvalue weighted by atomic mass is 9.97. The van der Waals surface area contributed by atoms with Gasteiger partial charge in [-0.2, -0.15) is 0 Å². The average molecular weight is 553 g/mol. The summed E-state index contributed by atoms with van der Waals surface area (Å²) >= 11 is 12.9. The predicted octanol–water partition coefficient (Wildman–Crippen LogP) is 4.73. The zero-order valence-electron chi connectivity index (χ0n) is 18.1. The number of thiophene rings is 1. The number of carbonyl (C=O) groups excluding carboxylic acids is 3. The molecular weight excluding hydrogens is 535 g/mol. The minimum absolute atomic E-state index is 0.0175. The van der Waals surface area contributed by atoms with Crippen LogP contribution in [0, 0.1) is 0 Å². The van der Waals surface area contributed by atoms with Crippen LogP contribution < -0.4 is 20.3 Å². The number of imide groups is 1. The molecule has 1 aromatic heterocycles. The van der Waals surface area contributed by atoms with E-state index in [1.54, 1.807) is 18.2 Å². The van der Waals surface area contributed by atoms with Gasteiger partial charge in [0.1, 0.15) is 4.21 Å². The summed E-state index contributed by atoms with van der Waals surface area (Å²) in [5.41, 5.74) is 2.13.